The van der Waals surface area contributed by atoms with Crippen molar-refractivity contribution in [2.75, 3.05) is 13.6 Å². The maximum atomic E-state index is 4.05. The van der Waals surface area contributed by atoms with Crippen molar-refractivity contribution in [2.24, 2.45) is 0 Å². The monoisotopic (exact) mass is 367 g/mol. The number of hydrogen-bond acceptors (Lipinski definition) is 1. The summed E-state index contributed by atoms with van der Waals surface area (Å²) >= 11 is 3.23. The third-order valence-electron chi connectivity index (χ3n) is 3.58. The van der Waals surface area contributed by atoms with E-state index in [4.69, 9.17) is 0 Å². The van der Waals surface area contributed by atoms with Crippen LogP contribution in [-0.2, 0) is 0 Å². The van der Waals surface area contributed by atoms with Crippen LogP contribution in [0.25, 0.3) is 11.1 Å². The van der Waals surface area contributed by atoms with E-state index in [9.17, 15) is 0 Å². The van der Waals surface area contributed by atoms with Crippen LogP contribution in [0, 0.1) is 0 Å². The van der Waals surface area contributed by atoms with E-state index in [1.54, 1.807) is 0 Å². The zero-order valence-corrected chi connectivity index (χ0v) is 15.1. The summed E-state index contributed by atoms with van der Waals surface area (Å²) in [6, 6.07) is 20.7. The third kappa shape index (κ3) is 4.19. The van der Waals surface area contributed by atoms with Crippen molar-refractivity contribution in [1.29, 1.82) is 0 Å². The number of allylic oxidation sites excluding steroid dienone is 2. The number of hydrogen-bond donors (Lipinski definition) is 0. The van der Waals surface area contributed by atoms with Gasteiger partial charge in [0, 0.05) is 0 Å². The molecule has 0 unspecified atom stereocenters. The molecule has 0 amide bonds. The Hall–Kier alpha value is -2.15. The zero-order chi connectivity index (χ0) is 16.7. The van der Waals surface area contributed by atoms with Gasteiger partial charge in [-0.25, -0.2) is 0 Å². The molecule has 116 valence electrons. The summed E-state index contributed by atoms with van der Waals surface area (Å²) < 4.78 is 1.08. The molecular weight excluding hydrogens is 345 g/mol. The Balaban J connectivity index is 2.65. The van der Waals surface area contributed by atoms with Crippen LogP contribution in [0.2, 0.25) is 0 Å². The standard InChI is InChI=1S/C21H21NSe/c1-4-16-22(3)21(23)20(18-14-10-7-11-15-18)19(5-2)17-12-8-6-9-13-17/h4-15H,1-2,16H2,3H3/b20-19+. The first kappa shape index (κ1) is 17.2. The van der Waals surface area contributed by atoms with Crippen molar-refractivity contribution in [3.63, 3.8) is 0 Å². The summed E-state index contributed by atoms with van der Waals surface area (Å²) in [5, 5.41) is 0. The van der Waals surface area contributed by atoms with Gasteiger partial charge in [0.05, 0.1) is 0 Å². The first-order valence-corrected chi connectivity index (χ1v) is 8.38. The summed E-state index contributed by atoms with van der Waals surface area (Å²) in [7, 11) is 2.06. The van der Waals surface area contributed by atoms with Gasteiger partial charge in [-0.05, 0) is 0 Å². The molecule has 0 bridgehead atoms. The van der Waals surface area contributed by atoms with E-state index in [2.05, 4.69) is 77.1 Å². The molecule has 0 radical (unpaired) electrons. The molecule has 2 rings (SSSR count). The van der Waals surface area contributed by atoms with Crippen LogP contribution < -0.4 is 0 Å². The molecule has 0 N–H and O–H groups in total. The molecule has 1 nitrogen and oxygen atoms in total. The number of nitrogens with zero attached hydrogens (tertiary/aromatic N) is 1. The summed E-state index contributed by atoms with van der Waals surface area (Å²) in [4.78, 5) is 2.15. The number of likely N-dealkylation sites (N-methyl/N-ethyl adjacent to an activating group) is 1. The molecule has 2 heteroatoms. The zero-order valence-electron chi connectivity index (χ0n) is 13.4. The Morgan fingerprint density at radius 3 is 1.96 bits per heavy atom. The molecule has 0 saturated heterocycles. The molecule has 0 atom stereocenters. The second-order valence-electron chi connectivity index (χ2n) is 5.20. The predicted molar refractivity (Wildman–Crippen MR) is 103 cm³/mol. The van der Waals surface area contributed by atoms with Crippen LogP contribution in [0.5, 0.6) is 0 Å². The maximum absolute atomic E-state index is 4.05. The number of benzene rings is 2. The molecule has 0 fully saturated rings. The molecule has 0 aliphatic heterocycles. The molecule has 0 aliphatic carbocycles. The Morgan fingerprint density at radius 2 is 1.48 bits per heavy atom. The van der Waals surface area contributed by atoms with Gasteiger partial charge >= 0.3 is 147 Å². The fraction of sp³-hybridized carbons (Fsp3) is 0.0952. The van der Waals surface area contributed by atoms with E-state index in [0.29, 0.717) is 0 Å². The molecular formula is C21H21NSe. The molecule has 2 aromatic carbocycles. The predicted octanol–water partition coefficient (Wildman–Crippen LogP) is 4.20. The van der Waals surface area contributed by atoms with Gasteiger partial charge in [-0.15, -0.1) is 0 Å². The van der Waals surface area contributed by atoms with Gasteiger partial charge in [-0.1, -0.05) is 0 Å². The minimum atomic E-state index is 0.776. The molecule has 0 saturated carbocycles. The minimum absolute atomic E-state index is 0.776. The SMILES string of the molecule is C=CCN(C)C(=[Se])/C(=C(\C=C)c1ccccc1)c1ccccc1. The van der Waals surface area contributed by atoms with E-state index < -0.39 is 0 Å². The van der Waals surface area contributed by atoms with Gasteiger partial charge in [-0.3, -0.25) is 0 Å². The Morgan fingerprint density at radius 1 is 0.957 bits per heavy atom. The molecule has 23 heavy (non-hydrogen) atoms. The normalized spacial score (nSPS) is 11.3. The molecule has 0 spiro atoms. The van der Waals surface area contributed by atoms with Crippen molar-refractivity contribution in [3.8, 4) is 0 Å². The Bertz CT molecular complexity index is 714. The van der Waals surface area contributed by atoms with Crippen LogP contribution in [-0.4, -0.2) is 38.6 Å². The van der Waals surface area contributed by atoms with Crippen molar-refractivity contribution in [2.45, 2.75) is 0 Å². The van der Waals surface area contributed by atoms with Crippen LogP contribution in [0.4, 0.5) is 0 Å². The second-order valence-corrected chi connectivity index (χ2v) is 6.01. The van der Waals surface area contributed by atoms with Gasteiger partial charge < -0.3 is 0 Å². The van der Waals surface area contributed by atoms with Gasteiger partial charge in [0.25, 0.3) is 0 Å². The topological polar surface area (TPSA) is 3.24 Å². The first-order valence-electron chi connectivity index (χ1n) is 7.53. The van der Waals surface area contributed by atoms with Crippen molar-refractivity contribution >= 4 is 31.3 Å². The van der Waals surface area contributed by atoms with Crippen molar-refractivity contribution in [1.82, 2.24) is 4.90 Å². The van der Waals surface area contributed by atoms with Gasteiger partial charge in [0.15, 0.2) is 0 Å². The second kappa shape index (κ2) is 8.47. The average molecular weight is 366 g/mol. The fourth-order valence-electron chi connectivity index (χ4n) is 2.45. The van der Waals surface area contributed by atoms with E-state index in [-0.39, 0.29) is 0 Å². The van der Waals surface area contributed by atoms with Crippen LogP contribution >= 0.6 is 0 Å². The number of rotatable bonds is 7. The summed E-state index contributed by atoms with van der Waals surface area (Å²) in [5.41, 5.74) is 4.58. The molecule has 0 heterocycles. The van der Waals surface area contributed by atoms with E-state index in [0.717, 1.165) is 33.4 Å². The Kier molecular flexibility index (Phi) is 6.34. The first-order chi connectivity index (χ1) is 11.2. The summed E-state index contributed by atoms with van der Waals surface area (Å²) in [6.07, 6.45) is 3.83. The van der Waals surface area contributed by atoms with Gasteiger partial charge in [0.1, 0.15) is 0 Å². The summed E-state index contributed by atoms with van der Waals surface area (Å²) in [6.45, 7) is 8.66. The van der Waals surface area contributed by atoms with Gasteiger partial charge in [0.2, 0.25) is 0 Å². The van der Waals surface area contributed by atoms with Crippen molar-refractivity contribution < 1.29 is 0 Å². The van der Waals surface area contributed by atoms with Gasteiger partial charge in [-0.2, -0.15) is 0 Å². The van der Waals surface area contributed by atoms with Crippen LogP contribution in [0.15, 0.2) is 86.0 Å². The van der Waals surface area contributed by atoms with Crippen LogP contribution in [0.3, 0.4) is 0 Å². The third-order valence-corrected chi connectivity index (χ3v) is 4.67. The molecule has 0 aromatic heterocycles. The van der Waals surface area contributed by atoms with E-state index >= 15 is 0 Å². The quantitative estimate of drug-likeness (QED) is 0.307. The van der Waals surface area contributed by atoms with E-state index in [1.807, 2.05) is 36.4 Å². The fourth-order valence-corrected chi connectivity index (χ4v) is 3.08. The summed E-state index contributed by atoms with van der Waals surface area (Å²) in [5.74, 6) is 0. The van der Waals surface area contributed by atoms with Crippen LogP contribution in [0.1, 0.15) is 11.1 Å². The van der Waals surface area contributed by atoms with E-state index in [1.165, 1.54) is 0 Å². The molecule has 0 aliphatic rings. The van der Waals surface area contributed by atoms with Crippen molar-refractivity contribution in [3.05, 3.63) is 97.1 Å². The molecule has 2 aromatic rings. The Labute approximate surface area is 147 Å². The average Bonchev–Trinajstić information content (AvgIpc) is 2.60.